The summed E-state index contributed by atoms with van der Waals surface area (Å²) in [6.07, 6.45) is 0. The Morgan fingerprint density at radius 3 is 1.12 bits per heavy atom. The summed E-state index contributed by atoms with van der Waals surface area (Å²) in [6.45, 7) is 0. The van der Waals surface area contributed by atoms with E-state index in [0.29, 0.717) is 0 Å². The minimum atomic E-state index is -4.64. The van der Waals surface area contributed by atoms with Crippen LogP contribution < -0.4 is 23.4 Å². The number of hydrogen-bond acceptors (Lipinski definition) is 8. The molecule has 11 nitrogen and oxygen atoms in total. The van der Waals surface area contributed by atoms with Gasteiger partial charge in [-0.1, -0.05) is 0 Å². The lowest BCUT2D eigenvalue weighted by Gasteiger charge is -1.93. The van der Waals surface area contributed by atoms with E-state index in [1.165, 1.54) is 0 Å². The van der Waals surface area contributed by atoms with Crippen molar-refractivity contribution in [3.63, 3.8) is 0 Å². The highest BCUT2D eigenvalue weighted by atomic mass is 31.2. The molecule has 1 rings (SSSR count). The summed E-state index contributed by atoms with van der Waals surface area (Å²) in [4.78, 5) is 32.0. The lowest BCUT2D eigenvalue weighted by Crippen LogP contribution is -2.05. The number of nitrogens with zero attached hydrogens (tertiary/aromatic N) is 3. The molecule has 0 atom stereocenters. The van der Waals surface area contributed by atoms with Gasteiger partial charge in [0.05, 0.1) is 8.41 Å². The van der Waals surface area contributed by atoms with Crippen LogP contribution in [0.15, 0.2) is 0 Å². The summed E-state index contributed by atoms with van der Waals surface area (Å²) in [6, 6.07) is 0. The van der Waals surface area contributed by atoms with Crippen LogP contribution in [0.4, 0.5) is 17.8 Å². The van der Waals surface area contributed by atoms with E-state index in [4.69, 9.17) is 36.4 Å². The monoisotopic (exact) mass is 255 g/mol. The highest BCUT2D eigenvalue weighted by Gasteiger charge is 2.00. The summed E-state index contributed by atoms with van der Waals surface area (Å²) in [5.74, 6) is 0.125. The van der Waals surface area contributed by atoms with Crippen molar-refractivity contribution < 1.29 is 19.2 Å². The van der Waals surface area contributed by atoms with E-state index >= 15 is 0 Å². The van der Waals surface area contributed by atoms with Gasteiger partial charge in [0.15, 0.2) is 0 Å². The van der Waals surface area contributed by atoms with Crippen molar-refractivity contribution in [1.82, 2.24) is 21.1 Å². The number of rotatable bonds is 0. The molecule has 1 aromatic rings. The quantitative estimate of drug-likeness (QED) is 0.179. The maximum Gasteiger partial charge on any atom is 0.466 e. The summed E-state index contributed by atoms with van der Waals surface area (Å²) in [5.41, 5.74) is 15.4. The second-order valence-electron chi connectivity index (χ2n) is 1.92. The Labute approximate surface area is 92.5 Å². The Morgan fingerprint density at radius 1 is 0.875 bits per heavy atom. The third-order valence-corrected chi connectivity index (χ3v) is 0.687. The van der Waals surface area contributed by atoms with E-state index < -0.39 is 7.82 Å². The molecule has 0 aromatic carbocycles. The van der Waals surface area contributed by atoms with Crippen LogP contribution >= 0.6 is 7.82 Å². The standard InChI is InChI=1S/C3H6N6.BH3.H3N.H3O4P/c4-1-7-2(5)9-3(6)8-1;;;1-5(2,3)4/h(H6,4,5,6,7,8,9);2*1H3;(H3,1,2,3,4). The number of phosphoric acid groups is 1. The van der Waals surface area contributed by atoms with Gasteiger partial charge in [0, 0.05) is 0 Å². The fourth-order valence-electron chi connectivity index (χ4n) is 0.427. The van der Waals surface area contributed by atoms with Crippen molar-refractivity contribution in [1.29, 1.82) is 0 Å². The van der Waals surface area contributed by atoms with Gasteiger partial charge in [-0.3, -0.25) is 0 Å². The van der Waals surface area contributed by atoms with Crippen LogP contribution in [0.2, 0.25) is 0 Å². The molecule has 12 N–H and O–H groups in total. The molecule has 0 aliphatic carbocycles. The molecule has 0 radical (unpaired) electrons. The van der Waals surface area contributed by atoms with Crippen LogP contribution in [-0.2, 0) is 4.57 Å². The maximum atomic E-state index is 8.88. The molecule has 0 saturated heterocycles. The SMILES string of the molecule is B.N.Nc1nc(N)nc(N)n1.O=P(O)(O)O. The van der Waals surface area contributed by atoms with Crippen LogP contribution in [0.5, 0.6) is 0 Å². The van der Waals surface area contributed by atoms with Crippen LogP contribution in [0.1, 0.15) is 0 Å². The Bertz CT molecular complexity index is 299. The molecule has 0 unspecified atom stereocenters. The van der Waals surface area contributed by atoms with E-state index in [1.807, 2.05) is 0 Å². The first-order chi connectivity index (χ1) is 6.18. The van der Waals surface area contributed by atoms with Crippen LogP contribution in [0, 0.1) is 0 Å². The largest absolute Gasteiger partial charge is 0.466 e. The second-order valence-corrected chi connectivity index (χ2v) is 2.95. The zero-order chi connectivity index (χ0) is 11.4. The summed E-state index contributed by atoms with van der Waals surface area (Å²) in [5, 5.41) is 0. The fraction of sp³-hybridized carbons (Fsp3) is 0. The zero-order valence-electron chi connectivity index (χ0n) is 7.48. The number of hydrogen-bond donors (Lipinski definition) is 7. The lowest BCUT2D eigenvalue weighted by molar-refractivity contribution is 0.275. The number of nitrogen functional groups attached to an aromatic ring is 3. The topological polar surface area (TPSA) is 229 Å². The highest BCUT2D eigenvalue weighted by Crippen LogP contribution is 2.25. The Hall–Kier alpha value is -1.46. The molecule has 1 aromatic heterocycles. The smallest absolute Gasteiger partial charge is 0.368 e. The Morgan fingerprint density at radius 2 is 1.00 bits per heavy atom. The number of aromatic nitrogens is 3. The van der Waals surface area contributed by atoms with E-state index in [-0.39, 0.29) is 32.4 Å². The van der Waals surface area contributed by atoms with Gasteiger partial charge in [-0.25, -0.2) is 4.57 Å². The molecular weight excluding hydrogens is 240 g/mol. The van der Waals surface area contributed by atoms with E-state index in [9.17, 15) is 0 Å². The first-order valence-electron chi connectivity index (χ1n) is 2.99. The minimum absolute atomic E-state index is 0. The van der Waals surface area contributed by atoms with Crippen LogP contribution in [0.3, 0.4) is 0 Å². The lowest BCUT2D eigenvalue weighted by atomic mass is 10.8. The zero-order valence-corrected chi connectivity index (χ0v) is 8.37. The predicted molar refractivity (Wildman–Crippen MR) is 62.3 cm³/mol. The first kappa shape index (κ1) is 20.0. The Kier molecular flexibility index (Phi) is 9.74. The van der Waals surface area contributed by atoms with E-state index in [1.54, 1.807) is 0 Å². The summed E-state index contributed by atoms with van der Waals surface area (Å²) < 4.78 is 8.88. The van der Waals surface area contributed by atoms with Crippen molar-refractivity contribution in [2.24, 2.45) is 0 Å². The van der Waals surface area contributed by atoms with Crippen molar-refractivity contribution >= 4 is 34.1 Å². The van der Waals surface area contributed by atoms with Crippen molar-refractivity contribution in [2.75, 3.05) is 17.2 Å². The van der Waals surface area contributed by atoms with Gasteiger partial charge in [-0.05, 0) is 0 Å². The molecule has 0 aliphatic rings. The Balaban J connectivity index is -0.000000214. The maximum absolute atomic E-state index is 8.88. The molecule has 1 heterocycles. The molecule has 0 bridgehead atoms. The van der Waals surface area contributed by atoms with Gasteiger partial charge < -0.3 is 38.0 Å². The molecule has 0 amide bonds. The summed E-state index contributed by atoms with van der Waals surface area (Å²) in [7, 11) is -4.64. The van der Waals surface area contributed by atoms with E-state index in [2.05, 4.69) is 15.0 Å². The second kappa shape index (κ2) is 7.79. The average Bonchev–Trinajstić information content (AvgIpc) is 1.77. The van der Waals surface area contributed by atoms with Gasteiger partial charge in [0.25, 0.3) is 0 Å². The predicted octanol–water partition coefficient (Wildman–Crippen LogP) is -3.33. The molecule has 0 fully saturated rings. The van der Waals surface area contributed by atoms with Gasteiger partial charge in [-0.15, -0.1) is 0 Å². The third-order valence-electron chi connectivity index (χ3n) is 0.687. The van der Waals surface area contributed by atoms with E-state index in [0.717, 1.165) is 0 Å². The first-order valence-corrected chi connectivity index (χ1v) is 4.56. The minimum Gasteiger partial charge on any atom is -0.368 e. The van der Waals surface area contributed by atoms with Gasteiger partial charge in [0.1, 0.15) is 0 Å². The van der Waals surface area contributed by atoms with Crippen molar-refractivity contribution in [3.05, 3.63) is 0 Å². The molecule has 0 aliphatic heterocycles. The number of nitrogens with two attached hydrogens (primary N) is 3. The number of anilines is 3. The third kappa shape index (κ3) is 15.0. The highest BCUT2D eigenvalue weighted by molar-refractivity contribution is 7.45. The normalized spacial score (nSPS) is 8.94. The average molecular weight is 255 g/mol. The molecule has 0 spiro atoms. The molecular formula is C3H15BN7O4P. The van der Waals surface area contributed by atoms with Crippen LogP contribution in [0.25, 0.3) is 0 Å². The fourth-order valence-corrected chi connectivity index (χ4v) is 0.427. The van der Waals surface area contributed by atoms with Crippen molar-refractivity contribution in [3.8, 4) is 0 Å². The molecule has 0 saturated carbocycles. The van der Waals surface area contributed by atoms with Crippen molar-refractivity contribution in [2.45, 2.75) is 0 Å². The van der Waals surface area contributed by atoms with Gasteiger partial charge >= 0.3 is 7.82 Å². The molecule has 94 valence electrons. The molecule has 16 heavy (non-hydrogen) atoms. The van der Waals surface area contributed by atoms with Gasteiger partial charge in [-0.2, -0.15) is 15.0 Å². The summed E-state index contributed by atoms with van der Waals surface area (Å²) >= 11 is 0. The molecule has 13 heteroatoms. The van der Waals surface area contributed by atoms with Gasteiger partial charge in [0.2, 0.25) is 17.8 Å². The van der Waals surface area contributed by atoms with Crippen LogP contribution in [-0.4, -0.2) is 38.0 Å².